The summed E-state index contributed by atoms with van der Waals surface area (Å²) in [6.45, 7) is 5.82. The molecule has 6 rings (SSSR count). The van der Waals surface area contributed by atoms with Crippen molar-refractivity contribution >= 4 is 5.82 Å². The Balaban J connectivity index is 1.34. The molecule has 4 aromatic rings. The molecule has 1 aromatic carbocycles. The molecule has 34 heavy (non-hydrogen) atoms. The highest BCUT2D eigenvalue weighted by atomic mass is 19.1. The number of pyridine rings is 1. The number of fused-ring (bicyclic) bond motifs is 1. The summed E-state index contributed by atoms with van der Waals surface area (Å²) in [5.74, 6) is 1.72. The fraction of sp³-hybridized carbons (Fsp3) is 0.375. The third-order valence-electron chi connectivity index (χ3n) is 7.43. The van der Waals surface area contributed by atoms with Crippen LogP contribution in [0.25, 0.3) is 28.2 Å². The van der Waals surface area contributed by atoms with Crippen molar-refractivity contribution in [3.8, 4) is 28.2 Å². The van der Waals surface area contributed by atoms with E-state index in [-0.39, 0.29) is 17.3 Å². The SMILES string of the molecule is Cc1ccc(-n2nnnc2-c2cc(-c3cnn(C4C[C@H]5CNC[C@H]5C4)c3)cnc2N)c(F)c1C. The molecule has 1 aliphatic carbocycles. The van der Waals surface area contributed by atoms with Gasteiger partial charge in [0.1, 0.15) is 11.5 Å². The van der Waals surface area contributed by atoms with Crippen molar-refractivity contribution in [3.05, 3.63) is 53.7 Å². The predicted octanol–water partition coefficient (Wildman–Crippen LogP) is 3.10. The first-order chi connectivity index (χ1) is 16.5. The smallest absolute Gasteiger partial charge is 0.190 e. The molecule has 0 bridgehead atoms. The minimum absolute atomic E-state index is 0.266. The van der Waals surface area contributed by atoms with E-state index in [9.17, 15) is 0 Å². The second-order valence-corrected chi connectivity index (χ2v) is 9.42. The number of nitrogens with two attached hydrogens (primary N) is 1. The van der Waals surface area contributed by atoms with Gasteiger partial charge in [-0.25, -0.2) is 9.37 Å². The van der Waals surface area contributed by atoms with Gasteiger partial charge in [0.15, 0.2) is 11.6 Å². The highest BCUT2D eigenvalue weighted by Crippen LogP contribution is 2.41. The number of aromatic nitrogens is 7. The average Bonchev–Trinajstić information content (AvgIpc) is 3.61. The summed E-state index contributed by atoms with van der Waals surface area (Å²) in [5, 5.41) is 20.1. The quantitative estimate of drug-likeness (QED) is 0.482. The maximum Gasteiger partial charge on any atom is 0.190 e. The molecule has 4 heterocycles. The number of aryl methyl sites for hydroxylation is 1. The Labute approximate surface area is 196 Å². The van der Waals surface area contributed by atoms with Crippen molar-refractivity contribution in [2.45, 2.75) is 32.7 Å². The first-order valence-corrected chi connectivity index (χ1v) is 11.5. The summed E-state index contributed by atoms with van der Waals surface area (Å²) in [6.07, 6.45) is 7.95. The zero-order chi connectivity index (χ0) is 23.4. The van der Waals surface area contributed by atoms with E-state index in [0.717, 1.165) is 54.5 Å². The molecule has 174 valence electrons. The second-order valence-electron chi connectivity index (χ2n) is 9.42. The van der Waals surface area contributed by atoms with Gasteiger partial charge in [0.05, 0.1) is 17.8 Å². The molecule has 9 nitrogen and oxygen atoms in total. The van der Waals surface area contributed by atoms with Crippen LogP contribution in [-0.4, -0.2) is 48.1 Å². The number of hydrogen-bond acceptors (Lipinski definition) is 7. The monoisotopic (exact) mass is 459 g/mol. The number of halogens is 1. The maximum absolute atomic E-state index is 15.0. The topological polar surface area (TPSA) is 112 Å². The molecule has 0 spiro atoms. The minimum Gasteiger partial charge on any atom is -0.383 e. The number of hydrogen-bond donors (Lipinski definition) is 2. The zero-order valence-corrected chi connectivity index (χ0v) is 19.1. The van der Waals surface area contributed by atoms with Crippen LogP contribution in [0.5, 0.6) is 0 Å². The van der Waals surface area contributed by atoms with Crippen molar-refractivity contribution < 1.29 is 4.39 Å². The lowest BCUT2D eigenvalue weighted by atomic mass is 10.0. The van der Waals surface area contributed by atoms with Gasteiger partial charge in [0.25, 0.3) is 0 Å². The Morgan fingerprint density at radius 2 is 1.88 bits per heavy atom. The largest absolute Gasteiger partial charge is 0.383 e. The highest BCUT2D eigenvalue weighted by Gasteiger charge is 2.38. The van der Waals surface area contributed by atoms with Crippen molar-refractivity contribution in [1.82, 2.24) is 40.3 Å². The number of nitrogen functional groups attached to an aromatic ring is 1. The van der Waals surface area contributed by atoms with E-state index in [4.69, 9.17) is 5.73 Å². The van der Waals surface area contributed by atoms with Crippen molar-refractivity contribution in [3.63, 3.8) is 0 Å². The van der Waals surface area contributed by atoms with Crippen LogP contribution < -0.4 is 11.1 Å². The van der Waals surface area contributed by atoms with Gasteiger partial charge in [-0.15, -0.1) is 5.10 Å². The Bertz CT molecular complexity index is 1360. The summed E-state index contributed by atoms with van der Waals surface area (Å²) in [4.78, 5) is 4.38. The van der Waals surface area contributed by atoms with Crippen LogP contribution in [-0.2, 0) is 0 Å². The molecule has 3 atom stereocenters. The van der Waals surface area contributed by atoms with Gasteiger partial charge >= 0.3 is 0 Å². The zero-order valence-electron chi connectivity index (χ0n) is 19.1. The van der Waals surface area contributed by atoms with Gasteiger partial charge in [-0.1, -0.05) is 6.07 Å². The Morgan fingerprint density at radius 1 is 1.09 bits per heavy atom. The first-order valence-electron chi connectivity index (χ1n) is 11.5. The van der Waals surface area contributed by atoms with Crippen molar-refractivity contribution in [1.29, 1.82) is 0 Å². The fourth-order valence-corrected chi connectivity index (χ4v) is 5.30. The van der Waals surface area contributed by atoms with Crippen LogP contribution in [0.15, 0.2) is 36.8 Å². The lowest BCUT2D eigenvalue weighted by Gasteiger charge is -2.12. The Morgan fingerprint density at radius 3 is 2.68 bits per heavy atom. The summed E-state index contributed by atoms with van der Waals surface area (Å²) in [5.41, 5.74) is 10.2. The van der Waals surface area contributed by atoms with Crippen LogP contribution in [0.2, 0.25) is 0 Å². The van der Waals surface area contributed by atoms with E-state index >= 15 is 4.39 Å². The van der Waals surface area contributed by atoms with Gasteiger partial charge < -0.3 is 11.1 Å². The second kappa shape index (κ2) is 7.98. The maximum atomic E-state index is 15.0. The number of nitrogens with zero attached hydrogens (tertiary/aromatic N) is 7. The third kappa shape index (κ3) is 3.37. The molecule has 3 aromatic heterocycles. The molecule has 1 aliphatic heterocycles. The van der Waals surface area contributed by atoms with E-state index in [1.165, 1.54) is 4.68 Å². The van der Waals surface area contributed by atoms with Gasteiger partial charge in [-0.3, -0.25) is 4.68 Å². The summed E-state index contributed by atoms with van der Waals surface area (Å²) >= 11 is 0. The molecular formula is C24H26FN9. The molecule has 0 radical (unpaired) electrons. The lowest BCUT2D eigenvalue weighted by molar-refractivity contribution is 0.433. The van der Waals surface area contributed by atoms with Gasteiger partial charge in [-0.05, 0) is 85.3 Å². The minimum atomic E-state index is -0.367. The van der Waals surface area contributed by atoms with E-state index in [1.54, 1.807) is 19.2 Å². The van der Waals surface area contributed by atoms with Crippen LogP contribution >= 0.6 is 0 Å². The van der Waals surface area contributed by atoms with E-state index in [2.05, 4.69) is 41.8 Å². The molecule has 2 aliphatic rings. The molecule has 3 N–H and O–H groups in total. The predicted molar refractivity (Wildman–Crippen MR) is 126 cm³/mol. The number of nitrogens with one attached hydrogen (secondary N) is 1. The van der Waals surface area contributed by atoms with Crippen LogP contribution in [0.1, 0.15) is 30.0 Å². The van der Waals surface area contributed by atoms with Crippen LogP contribution in [0.4, 0.5) is 10.2 Å². The molecule has 10 heteroatoms. The van der Waals surface area contributed by atoms with Gasteiger partial charge in [0, 0.05) is 23.5 Å². The van der Waals surface area contributed by atoms with Crippen molar-refractivity contribution in [2.24, 2.45) is 11.8 Å². The fourth-order valence-electron chi connectivity index (χ4n) is 5.30. The van der Waals surface area contributed by atoms with Crippen LogP contribution in [0, 0.1) is 31.5 Å². The molecular weight excluding hydrogens is 433 g/mol. The molecule has 1 unspecified atom stereocenters. The number of tetrazole rings is 1. The summed E-state index contributed by atoms with van der Waals surface area (Å²) < 4.78 is 18.5. The Hall–Kier alpha value is -3.66. The number of rotatable bonds is 4. The standard InChI is InChI=1S/C24H26FN9/c1-13-3-4-21(22(25)14(13)2)34-24(30-31-32-34)20-7-17(10-28-23(20)26)18-11-29-33(12-18)19-5-15-8-27-9-16(15)6-19/h3-4,7,10-12,15-16,19,27H,5-6,8-9H2,1-2H3,(H2,26,28)/t15-,16+,19?. The lowest BCUT2D eigenvalue weighted by Crippen LogP contribution is -2.14. The third-order valence-corrected chi connectivity index (χ3v) is 7.43. The van der Waals surface area contributed by atoms with Crippen LogP contribution in [0.3, 0.4) is 0 Å². The average molecular weight is 460 g/mol. The molecule has 2 fully saturated rings. The van der Waals surface area contributed by atoms with E-state index in [0.29, 0.717) is 23.0 Å². The number of anilines is 1. The summed E-state index contributed by atoms with van der Waals surface area (Å²) in [6, 6.07) is 5.82. The van der Waals surface area contributed by atoms with Gasteiger partial charge in [0.2, 0.25) is 0 Å². The Kier molecular flexibility index (Phi) is 4.91. The molecule has 1 saturated carbocycles. The van der Waals surface area contributed by atoms with E-state index in [1.807, 2.05) is 25.3 Å². The highest BCUT2D eigenvalue weighted by molar-refractivity contribution is 5.76. The van der Waals surface area contributed by atoms with Gasteiger partial charge in [-0.2, -0.15) is 9.78 Å². The normalized spacial score (nSPS) is 21.8. The molecule has 1 saturated heterocycles. The first kappa shape index (κ1) is 20.9. The summed E-state index contributed by atoms with van der Waals surface area (Å²) in [7, 11) is 0. The van der Waals surface area contributed by atoms with E-state index < -0.39 is 0 Å². The van der Waals surface area contributed by atoms with Crippen molar-refractivity contribution in [2.75, 3.05) is 18.8 Å². The number of benzene rings is 1. The molecule has 0 amide bonds.